The summed E-state index contributed by atoms with van der Waals surface area (Å²) >= 11 is 0. The molecule has 0 aliphatic rings. The molecule has 0 aromatic heterocycles. The van der Waals surface area contributed by atoms with Gasteiger partial charge in [-0.05, 0) is 13.8 Å². The first-order valence-corrected chi connectivity index (χ1v) is 6.00. The molecule has 0 aliphatic heterocycles. The maximum absolute atomic E-state index is 11.8. The van der Waals surface area contributed by atoms with E-state index in [1.807, 2.05) is 0 Å². The molecular weight excluding hydrogens is 275 g/mol. The molecule has 0 saturated heterocycles. The Morgan fingerprint density at radius 1 is 1.06 bits per heavy atom. The third-order valence-corrected chi connectivity index (χ3v) is 2.65. The molecule has 11 heteroatoms. The van der Waals surface area contributed by atoms with Crippen LogP contribution in [0.5, 0.6) is 0 Å². The van der Waals surface area contributed by atoms with Crippen LogP contribution in [0.4, 0.5) is 9.59 Å². The predicted octanol–water partition coefficient (Wildman–Crippen LogP) is 1.86. The topological polar surface area (TPSA) is 138 Å². The van der Waals surface area contributed by atoms with Crippen molar-refractivity contribution in [3.05, 3.63) is 0 Å². The lowest BCUT2D eigenvalue weighted by Gasteiger charge is -2.18. The molecule has 0 unspecified atom stereocenters. The van der Waals surface area contributed by atoms with E-state index in [1.54, 1.807) is 0 Å². The molecule has 0 rings (SSSR count). The van der Waals surface area contributed by atoms with Crippen LogP contribution in [0.1, 0.15) is 13.8 Å². The van der Waals surface area contributed by atoms with Gasteiger partial charge >= 0.3 is 20.1 Å². The van der Waals surface area contributed by atoms with Crippen LogP contribution in [0.3, 0.4) is 0 Å². The van der Waals surface area contributed by atoms with Gasteiger partial charge in [0.25, 0.3) is 0 Å². The monoisotopic (exact) mass is 288 g/mol. The van der Waals surface area contributed by atoms with Crippen LogP contribution in [0.15, 0.2) is 0 Å². The van der Waals surface area contributed by atoms with Gasteiger partial charge in [0.05, 0.1) is 6.10 Å². The van der Waals surface area contributed by atoms with E-state index in [4.69, 9.17) is 14.7 Å². The van der Waals surface area contributed by atoms with Gasteiger partial charge in [0, 0.05) is 0 Å². The molecule has 106 valence electrons. The van der Waals surface area contributed by atoms with Crippen molar-refractivity contribution < 1.29 is 47.4 Å². The summed E-state index contributed by atoms with van der Waals surface area (Å²) in [4.78, 5) is 20.1. The van der Waals surface area contributed by atoms with Crippen LogP contribution < -0.4 is 0 Å². The Labute approximate surface area is 102 Å². The van der Waals surface area contributed by atoms with E-state index < -0.39 is 39.8 Å². The summed E-state index contributed by atoms with van der Waals surface area (Å²) < 4.78 is 33.4. The van der Waals surface area contributed by atoms with Crippen LogP contribution in [0.2, 0.25) is 0 Å². The highest BCUT2D eigenvalue weighted by Gasteiger charge is 2.29. The van der Waals surface area contributed by atoms with Gasteiger partial charge in [-0.1, -0.05) is 0 Å². The molecule has 2 N–H and O–H groups in total. The fraction of sp³-hybridized carbons (Fsp3) is 0.714. The van der Waals surface area contributed by atoms with Gasteiger partial charge in [0.1, 0.15) is 0 Å². The number of phosphoric ester groups is 1. The maximum atomic E-state index is 11.8. The molecule has 0 amide bonds. The molecule has 18 heavy (non-hydrogen) atoms. The Morgan fingerprint density at radius 3 is 1.72 bits per heavy atom. The van der Waals surface area contributed by atoms with Crippen LogP contribution in [0, 0.1) is 0 Å². The van der Waals surface area contributed by atoms with Crippen molar-refractivity contribution in [1.82, 2.24) is 0 Å². The second-order valence-electron chi connectivity index (χ2n) is 2.92. The fourth-order valence-corrected chi connectivity index (χ4v) is 1.72. The zero-order chi connectivity index (χ0) is 14.2. The highest BCUT2D eigenvalue weighted by Crippen LogP contribution is 2.50. The second-order valence-corrected chi connectivity index (χ2v) is 4.54. The van der Waals surface area contributed by atoms with Gasteiger partial charge < -0.3 is 19.7 Å². The molecule has 0 saturated carbocycles. The zero-order valence-electron chi connectivity index (χ0n) is 9.60. The summed E-state index contributed by atoms with van der Waals surface area (Å²) in [5, 5.41) is 16.3. The lowest BCUT2D eigenvalue weighted by molar-refractivity contribution is -0.0315. The van der Waals surface area contributed by atoms with Crippen LogP contribution >= 0.6 is 7.82 Å². The molecule has 0 radical (unpaired) electrons. The maximum Gasteiger partial charge on any atom is 0.507 e. The van der Waals surface area contributed by atoms with E-state index in [9.17, 15) is 14.2 Å². The lowest BCUT2D eigenvalue weighted by Crippen LogP contribution is -2.12. The largest absolute Gasteiger partial charge is 0.507 e. The first-order valence-electron chi connectivity index (χ1n) is 4.54. The Balaban J connectivity index is 4.28. The van der Waals surface area contributed by atoms with Crippen molar-refractivity contribution in [2.45, 2.75) is 20.0 Å². The summed E-state index contributed by atoms with van der Waals surface area (Å²) in [6.07, 6.45) is -3.87. The second kappa shape index (κ2) is 7.88. The summed E-state index contributed by atoms with van der Waals surface area (Å²) in [6, 6.07) is 0. The van der Waals surface area contributed by atoms with Crippen molar-refractivity contribution in [2.24, 2.45) is 0 Å². The normalized spacial score (nSPS) is 11.3. The fourth-order valence-electron chi connectivity index (χ4n) is 0.639. The van der Waals surface area contributed by atoms with E-state index in [0.717, 1.165) is 0 Å². The highest BCUT2D eigenvalue weighted by molar-refractivity contribution is 7.48. The molecule has 0 heterocycles. The quantitative estimate of drug-likeness (QED) is 0.386. The SMILES string of the molecule is CC(C)OP(=O)(OCOC(=O)O)OCOC(=O)O. The van der Waals surface area contributed by atoms with Crippen molar-refractivity contribution in [1.29, 1.82) is 0 Å². The summed E-state index contributed by atoms with van der Waals surface area (Å²) in [6.45, 7) is 1.23. The van der Waals surface area contributed by atoms with Crippen LogP contribution in [-0.2, 0) is 27.6 Å². The van der Waals surface area contributed by atoms with Crippen molar-refractivity contribution in [3.8, 4) is 0 Å². The van der Waals surface area contributed by atoms with E-state index in [1.165, 1.54) is 13.8 Å². The average molecular weight is 288 g/mol. The van der Waals surface area contributed by atoms with Crippen LogP contribution in [0.25, 0.3) is 0 Å². The van der Waals surface area contributed by atoms with E-state index in [0.29, 0.717) is 0 Å². The molecule has 0 aromatic carbocycles. The Kier molecular flexibility index (Phi) is 7.29. The number of ether oxygens (including phenoxy) is 2. The third kappa shape index (κ3) is 8.76. The standard InChI is InChI=1S/C7H13O10P/c1-5(2)17-18(12,15-3-13-6(8)9)16-4-14-7(10)11/h5H,3-4H2,1-2H3,(H,8,9)(H,10,11). The Bertz CT molecular complexity index is 302. The predicted molar refractivity (Wildman–Crippen MR) is 54.0 cm³/mol. The first kappa shape index (κ1) is 16.6. The van der Waals surface area contributed by atoms with Gasteiger partial charge in [-0.25, -0.2) is 23.2 Å². The van der Waals surface area contributed by atoms with E-state index in [-0.39, 0.29) is 0 Å². The number of phosphoric acid groups is 1. The third-order valence-electron chi connectivity index (χ3n) is 1.13. The van der Waals surface area contributed by atoms with E-state index in [2.05, 4.69) is 18.5 Å². The lowest BCUT2D eigenvalue weighted by atomic mass is 10.5. The number of hydrogen-bond acceptors (Lipinski definition) is 8. The summed E-state index contributed by atoms with van der Waals surface area (Å²) in [7, 11) is -4.16. The molecular formula is C7H13O10P. The highest BCUT2D eigenvalue weighted by atomic mass is 31.2. The molecule has 0 fully saturated rings. The number of carboxylic acid groups (broad SMARTS) is 2. The number of rotatable bonds is 8. The average Bonchev–Trinajstić information content (AvgIpc) is 2.14. The van der Waals surface area contributed by atoms with Crippen molar-refractivity contribution in [2.75, 3.05) is 13.6 Å². The minimum Gasteiger partial charge on any atom is -0.450 e. The van der Waals surface area contributed by atoms with Gasteiger partial charge in [-0.3, -0.25) is 4.52 Å². The van der Waals surface area contributed by atoms with Gasteiger partial charge in [0.2, 0.25) is 13.6 Å². The first-order chi connectivity index (χ1) is 8.25. The molecule has 0 atom stereocenters. The Morgan fingerprint density at radius 2 is 1.44 bits per heavy atom. The molecule has 0 aliphatic carbocycles. The Hall–Kier alpha value is -1.35. The molecule has 0 bridgehead atoms. The summed E-state index contributed by atoms with van der Waals surface area (Å²) in [5.74, 6) is 0. The minimum atomic E-state index is -4.16. The zero-order valence-corrected chi connectivity index (χ0v) is 10.5. The smallest absolute Gasteiger partial charge is 0.450 e. The minimum absolute atomic E-state index is 0.578. The molecule has 10 nitrogen and oxygen atoms in total. The number of carbonyl (C=O) groups is 2. The van der Waals surface area contributed by atoms with Crippen molar-refractivity contribution in [3.63, 3.8) is 0 Å². The molecule has 0 spiro atoms. The van der Waals surface area contributed by atoms with Gasteiger partial charge in [0.15, 0.2) is 0 Å². The van der Waals surface area contributed by atoms with Crippen molar-refractivity contribution >= 4 is 20.1 Å². The van der Waals surface area contributed by atoms with Gasteiger partial charge in [-0.15, -0.1) is 0 Å². The summed E-state index contributed by atoms with van der Waals surface area (Å²) in [5.41, 5.74) is 0. The van der Waals surface area contributed by atoms with Crippen LogP contribution in [-0.4, -0.2) is 42.2 Å². The van der Waals surface area contributed by atoms with E-state index >= 15 is 0 Å². The molecule has 0 aromatic rings. The van der Waals surface area contributed by atoms with Gasteiger partial charge in [-0.2, -0.15) is 0 Å². The number of hydrogen-bond donors (Lipinski definition) is 2.